The zero-order valence-corrected chi connectivity index (χ0v) is 17.5. The van der Waals surface area contributed by atoms with Crippen molar-refractivity contribution in [2.75, 3.05) is 16.8 Å². The van der Waals surface area contributed by atoms with Gasteiger partial charge in [0, 0.05) is 30.3 Å². The SMILES string of the molecule is Cc1cc(N2CC3CCC2c2ccc(F)cc23)cc(C)c1NC(=O)CC1(C)CC1. The van der Waals surface area contributed by atoms with Gasteiger partial charge in [0.05, 0.1) is 6.04 Å². The fraction of sp³-hybridized carbons (Fsp3) is 0.480. The molecule has 29 heavy (non-hydrogen) atoms. The first-order chi connectivity index (χ1) is 13.8. The summed E-state index contributed by atoms with van der Waals surface area (Å²) in [5.74, 6) is 0.386. The molecule has 4 heteroatoms. The van der Waals surface area contributed by atoms with Gasteiger partial charge < -0.3 is 10.2 Å². The van der Waals surface area contributed by atoms with Gasteiger partial charge in [-0.3, -0.25) is 4.79 Å². The lowest BCUT2D eigenvalue weighted by atomic mass is 9.74. The Morgan fingerprint density at radius 1 is 1.14 bits per heavy atom. The van der Waals surface area contributed by atoms with E-state index in [-0.39, 0.29) is 17.1 Å². The lowest BCUT2D eigenvalue weighted by Gasteiger charge is -2.48. The third-order valence-electron chi connectivity index (χ3n) is 7.23. The van der Waals surface area contributed by atoms with Crippen LogP contribution in [-0.2, 0) is 4.79 Å². The normalized spacial score (nSPS) is 23.7. The molecule has 6 rings (SSSR count). The Morgan fingerprint density at radius 2 is 1.86 bits per heavy atom. The number of piperidine rings is 1. The van der Waals surface area contributed by atoms with Crippen LogP contribution in [0.1, 0.15) is 73.2 Å². The molecule has 2 aliphatic carbocycles. The number of nitrogens with one attached hydrogen (secondary N) is 1. The quantitative estimate of drug-likeness (QED) is 0.691. The number of anilines is 2. The lowest BCUT2D eigenvalue weighted by Crippen LogP contribution is -2.42. The van der Waals surface area contributed by atoms with Crippen LogP contribution in [-0.4, -0.2) is 12.5 Å². The molecule has 2 heterocycles. The van der Waals surface area contributed by atoms with Crippen LogP contribution >= 0.6 is 0 Å². The highest BCUT2D eigenvalue weighted by Gasteiger charge is 2.40. The number of carbonyl (C=O) groups is 1. The Kier molecular flexibility index (Phi) is 4.23. The van der Waals surface area contributed by atoms with E-state index in [1.54, 1.807) is 12.1 Å². The van der Waals surface area contributed by atoms with E-state index in [1.165, 1.54) is 16.8 Å². The molecule has 2 atom stereocenters. The van der Waals surface area contributed by atoms with Crippen LogP contribution in [0.3, 0.4) is 0 Å². The predicted octanol–water partition coefficient (Wildman–Crippen LogP) is 6.01. The second kappa shape index (κ2) is 6.58. The van der Waals surface area contributed by atoms with Crippen LogP contribution in [0.2, 0.25) is 0 Å². The van der Waals surface area contributed by atoms with E-state index in [4.69, 9.17) is 0 Å². The maximum atomic E-state index is 13.8. The summed E-state index contributed by atoms with van der Waals surface area (Å²) in [5.41, 5.74) is 7.06. The standard InChI is InChI=1S/C25H29FN2O/c1-15-10-19(11-16(2)24(15)27-23(29)13-25(3)8-9-25)28-14-17-4-7-22(28)20-6-5-18(26)12-21(17)20/h5-6,10-12,17,22H,4,7-9,13-14H2,1-3H3,(H,27,29). The van der Waals surface area contributed by atoms with Crippen molar-refractivity contribution in [3.8, 4) is 0 Å². The van der Waals surface area contributed by atoms with E-state index in [1.807, 2.05) is 6.07 Å². The summed E-state index contributed by atoms with van der Waals surface area (Å²) in [6.07, 6.45) is 5.15. The molecule has 3 nitrogen and oxygen atoms in total. The number of benzene rings is 2. The Labute approximate surface area is 172 Å². The number of rotatable bonds is 4. The highest BCUT2D eigenvalue weighted by molar-refractivity contribution is 5.93. The van der Waals surface area contributed by atoms with E-state index in [0.29, 0.717) is 18.4 Å². The van der Waals surface area contributed by atoms with Crippen LogP contribution in [0.4, 0.5) is 15.8 Å². The minimum atomic E-state index is -0.130. The summed E-state index contributed by atoms with van der Waals surface area (Å²) in [5, 5.41) is 3.16. The van der Waals surface area contributed by atoms with Gasteiger partial charge >= 0.3 is 0 Å². The minimum Gasteiger partial charge on any atom is -0.364 e. The summed E-state index contributed by atoms with van der Waals surface area (Å²) in [6.45, 7) is 7.28. The number of aryl methyl sites for hydroxylation is 2. The lowest BCUT2D eigenvalue weighted by molar-refractivity contribution is -0.117. The average Bonchev–Trinajstić information content (AvgIpc) is 3.41. The van der Waals surface area contributed by atoms with Crippen molar-refractivity contribution in [3.05, 3.63) is 58.4 Å². The van der Waals surface area contributed by atoms with E-state index in [0.717, 1.165) is 49.0 Å². The fourth-order valence-electron chi connectivity index (χ4n) is 5.30. The topological polar surface area (TPSA) is 32.3 Å². The van der Waals surface area contributed by atoms with Crippen LogP contribution in [0, 0.1) is 25.1 Å². The number of fused-ring (bicyclic) bond motifs is 2. The molecule has 2 aromatic carbocycles. The van der Waals surface area contributed by atoms with E-state index in [2.05, 4.69) is 43.1 Å². The van der Waals surface area contributed by atoms with Gasteiger partial charge in [-0.05, 0) is 91.5 Å². The molecule has 2 unspecified atom stereocenters. The third-order valence-corrected chi connectivity index (χ3v) is 7.23. The molecule has 2 fully saturated rings. The van der Waals surface area contributed by atoms with Gasteiger partial charge in [0.15, 0.2) is 0 Å². The molecule has 0 radical (unpaired) electrons. The van der Waals surface area contributed by atoms with Crippen molar-refractivity contribution < 1.29 is 9.18 Å². The van der Waals surface area contributed by atoms with Crippen molar-refractivity contribution in [1.29, 1.82) is 0 Å². The molecule has 2 aliphatic heterocycles. The molecule has 2 bridgehead atoms. The summed E-state index contributed by atoms with van der Waals surface area (Å²) in [6, 6.07) is 10.0. The summed E-state index contributed by atoms with van der Waals surface area (Å²) in [4.78, 5) is 15.0. The van der Waals surface area contributed by atoms with Crippen LogP contribution in [0.25, 0.3) is 0 Å². The van der Waals surface area contributed by atoms with Gasteiger partial charge in [-0.1, -0.05) is 13.0 Å². The third kappa shape index (κ3) is 3.33. The second-order valence-corrected chi connectivity index (χ2v) is 9.71. The van der Waals surface area contributed by atoms with Gasteiger partial charge in [0.25, 0.3) is 0 Å². The highest BCUT2D eigenvalue weighted by atomic mass is 19.1. The second-order valence-electron chi connectivity index (χ2n) is 9.71. The molecule has 1 saturated heterocycles. The molecular formula is C25H29FN2O. The highest BCUT2D eigenvalue weighted by Crippen LogP contribution is 2.50. The number of carbonyl (C=O) groups excluding carboxylic acids is 1. The van der Waals surface area contributed by atoms with Crippen molar-refractivity contribution in [1.82, 2.24) is 0 Å². The molecule has 1 saturated carbocycles. The van der Waals surface area contributed by atoms with E-state index in [9.17, 15) is 9.18 Å². The molecule has 0 aromatic heterocycles. The number of hydrogen-bond acceptors (Lipinski definition) is 2. The molecule has 0 spiro atoms. The Morgan fingerprint density at radius 3 is 2.55 bits per heavy atom. The van der Waals surface area contributed by atoms with Crippen molar-refractivity contribution >= 4 is 17.3 Å². The van der Waals surface area contributed by atoms with E-state index >= 15 is 0 Å². The fourth-order valence-corrected chi connectivity index (χ4v) is 5.30. The number of halogens is 1. The maximum Gasteiger partial charge on any atom is 0.224 e. The smallest absolute Gasteiger partial charge is 0.224 e. The first kappa shape index (κ1) is 18.7. The van der Waals surface area contributed by atoms with Crippen molar-refractivity contribution in [3.63, 3.8) is 0 Å². The number of amides is 1. The summed E-state index contributed by atoms with van der Waals surface area (Å²) in [7, 11) is 0. The average molecular weight is 393 g/mol. The Hall–Kier alpha value is -2.36. The minimum absolute atomic E-state index is 0.122. The molecule has 1 amide bonds. The van der Waals surface area contributed by atoms with E-state index < -0.39 is 0 Å². The first-order valence-electron chi connectivity index (χ1n) is 10.8. The number of nitrogens with zero attached hydrogens (tertiary/aromatic N) is 1. The van der Waals surface area contributed by atoms with Crippen LogP contribution in [0.15, 0.2) is 30.3 Å². The van der Waals surface area contributed by atoms with Gasteiger partial charge in [-0.25, -0.2) is 4.39 Å². The van der Waals surface area contributed by atoms with Gasteiger partial charge in [0.1, 0.15) is 5.82 Å². The summed E-state index contributed by atoms with van der Waals surface area (Å²) >= 11 is 0. The van der Waals surface area contributed by atoms with Crippen molar-refractivity contribution in [2.24, 2.45) is 5.41 Å². The molecule has 152 valence electrons. The monoisotopic (exact) mass is 392 g/mol. The van der Waals surface area contributed by atoms with Crippen LogP contribution in [0.5, 0.6) is 0 Å². The Balaban J connectivity index is 1.41. The Bertz CT molecular complexity index is 971. The van der Waals surface area contributed by atoms with Crippen molar-refractivity contribution in [2.45, 2.75) is 64.8 Å². The first-order valence-corrected chi connectivity index (χ1v) is 10.8. The molecule has 2 aromatic rings. The van der Waals surface area contributed by atoms with Gasteiger partial charge in [0.2, 0.25) is 5.91 Å². The molecule has 1 N–H and O–H groups in total. The van der Waals surface area contributed by atoms with Gasteiger partial charge in [-0.2, -0.15) is 0 Å². The zero-order valence-electron chi connectivity index (χ0n) is 17.5. The number of hydrogen-bond donors (Lipinski definition) is 1. The molecule has 4 aliphatic rings. The summed E-state index contributed by atoms with van der Waals surface area (Å²) < 4.78 is 13.8. The molecular weight excluding hydrogens is 363 g/mol. The van der Waals surface area contributed by atoms with Gasteiger partial charge in [-0.15, -0.1) is 0 Å². The van der Waals surface area contributed by atoms with Crippen LogP contribution < -0.4 is 10.2 Å². The largest absolute Gasteiger partial charge is 0.364 e. The maximum absolute atomic E-state index is 13.8. The predicted molar refractivity (Wildman–Crippen MR) is 115 cm³/mol. The zero-order chi connectivity index (χ0) is 20.3.